The molecule has 6 nitrogen and oxygen atoms in total. The van der Waals surface area contributed by atoms with Gasteiger partial charge >= 0.3 is 0 Å². The van der Waals surface area contributed by atoms with E-state index in [-0.39, 0.29) is 24.9 Å². The normalized spacial score (nSPS) is 20.1. The number of β-amino-alcohol motifs (C(OH)–C–C–N with tert-alkyl or cyclic N) is 1. The maximum Gasteiger partial charge on any atom is 0.243 e. The topological polar surface area (TPSA) is 90.5 Å². The second-order valence-corrected chi connectivity index (χ2v) is 5.58. The van der Waals surface area contributed by atoms with Crippen molar-refractivity contribution in [1.29, 1.82) is 0 Å². The third-order valence-electron chi connectivity index (χ3n) is 3.05. The summed E-state index contributed by atoms with van der Waals surface area (Å²) in [6.07, 6.45) is -0.187. The minimum absolute atomic E-state index is 0. The predicted molar refractivity (Wildman–Crippen MR) is 87.8 cm³/mol. The molecular formula is C13H16Cl3N3O3. The van der Waals surface area contributed by atoms with Crippen LogP contribution in [0.25, 0.3) is 0 Å². The summed E-state index contributed by atoms with van der Waals surface area (Å²) >= 11 is 11.7. The van der Waals surface area contributed by atoms with Crippen LogP contribution in [0, 0.1) is 0 Å². The molecule has 1 aromatic carbocycles. The fourth-order valence-electron chi connectivity index (χ4n) is 2.00. The highest BCUT2D eigenvalue weighted by atomic mass is 35.5. The summed E-state index contributed by atoms with van der Waals surface area (Å²) in [6.45, 7) is 0.193. The molecule has 0 bridgehead atoms. The molecule has 1 aromatic rings. The molecule has 0 aliphatic carbocycles. The molecule has 4 N–H and O–H groups in total. The first kappa shape index (κ1) is 19.0. The number of halogens is 3. The zero-order valence-electron chi connectivity index (χ0n) is 11.4. The standard InChI is InChI=1S/C13H15Cl2N3O3.ClH/c14-7-1-2-9(15)10(3-7)18-12(20)6-17-13(21)11-4-8(19)5-16-11;/h1-3,8,11,16,19H,4-6H2,(H,17,21)(H,18,20);1H. The van der Waals surface area contributed by atoms with Crippen LogP contribution < -0.4 is 16.0 Å². The molecule has 0 radical (unpaired) electrons. The number of benzene rings is 1. The zero-order chi connectivity index (χ0) is 15.4. The lowest BCUT2D eigenvalue weighted by molar-refractivity contribution is -0.125. The third kappa shape index (κ3) is 5.30. The summed E-state index contributed by atoms with van der Waals surface area (Å²) in [5.74, 6) is -0.732. The largest absolute Gasteiger partial charge is 0.392 e. The smallest absolute Gasteiger partial charge is 0.243 e. The molecule has 22 heavy (non-hydrogen) atoms. The van der Waals surface area contributed by atoms with E-state index in [1.807, 2.05) is 0 Å². The summed E-state index contributed by atoms with van der Waals surface area (Å²) in [5, 5.41) is 18.1. The molecule has 0 spiro atoms. The molecule has 2 atom stereocenters. The van der Waals surface area contributed by atoms with Crippen LogP contribution in [0.3, 0.4) is 0 Å². The lowest BCUT2D eigenvalue weighted by Crippen LogP contribution is -2.43. The average molecular weight is 369 g/mol. The SMILES string of the molecule is Cl.O=C(CNC(=O)C1CC(O)CN1)Nc1cc(Cl)ccc1Cl. The minimum Gasteiger partial charge on any atom is -0.392 e. The van der Waals surface area contributed by atoms with Gasteiger partial charge in [0, 0.05) is 11.6 Å². The Morgan fingerprint density at radius 2 is 2.09 bits per heavy atom. The first-order valence-corrected chi connectivity index (χ1v) is 7.15. The van der Waals surface area contributed by atoms with Crippen LogP contribution in [0.4, 0.5) is 5.69 Å². The van der Waals surface area contributed by atoms with Crippen LogP contribution in [-0.4, -0.2) is 42.2 Å². The quantitative estimate of drug-likeness (QED) is 0.643. The van der Waals surface area contributed by atoms with Crippen LogP contribution in [-0.2, 0) is 9.59 Å². The molecule has 122 valence electrons. The van der Waals surface area contributed by atoms with Crippen molar-refractivity contribution in [2.75, 3.05) is 18.4 Å². The fourth-order valence-corrected chi connectivity index (χ4v) is 2.33. The molecule has 0 saturated carbocycles. The maximum absolute atomic E-state index is 11.8. The van der Waals surface area contributed by atoms with E-state index in [4.69, 9.17) is 23.2 Å². The van der Waals surface area contributed by atoms with Crippen molar-refractivity contribution in [1.82, 2.24) is 10.6 Å². The van der Waals surface area contributed by atoms with Gasteiger partial charge in [-0.05, 0) is 24.6 Å². The molecule has 9 heteroatoms. The van der Waals surface area contributed by atoms with Crippen molar-refractivity contribution in [3.8, 4) is 0 Å². The molecule has 0 aromatic heterocycles. The van der Waals surface area contributed by atoms with E-state index in [1.54, 1.807) is 12.1 Å². The van der Waals surface area contributed by atoms with Gasteiger partial charge in [-0.3, -0.25) is 9.59 Å². The highest BCUT2D eigenvalue weighted by Gasteiger charge is 2.27. The third-order valence-corrected chi connectivity index (χ3v) is 3.61. The average Bonchev–Trinajstić information content (AvgIpc) is 2.87. The minimum atomic E-state index is -0.528. The van der Waals surface area contributed by atoms with Gasteiger partial charge in [-0.1, -0.05) is 23.2 Å². The number of hydrogen-bond donors (Lipinski definition) is 4. The van der Waals surface area contributed by atoms with Crippen molar-refractivity contribution in [2.24, 2.45) is 0 Å². The zero-order valence-corrected chi connectivity index (χ0v) is 13.8. The molecule has 1 fully saturated rings. The Bertz CT molecular complexity index is 557. The number of aliphatic hydroxyl groups excluding tert-OH is 1. The van der Waals surface area contributed by atoms with Gasteiger partial charge in [-0.2, -0.15) is 0 Å². The molecule has 1 heterocycles. The highest BCUT2D eigenvalue weighted by Crippen LogP contribution is 2.25. The Hall–Kier alpha value is -1.05. The van der Waals surface area contributed by atoms with Crippen LogP contribution in [0.15, 0.2) is 18.2 Å². The monoisotopic (exact) mass is 367 g/mol. The van der Waals surface area contributed by atoms with Crippen molar-refractivity contribution in [3.05, 3.63) is 28.2 Å². The number of anilines is 1. The fraction of sp³-hybridized carbons (Fsp3) is 0.385. The van der Waals surface area contributed by atoms with Gasteiger partial charge in [0.1, 0.15) is 0 Å². The van der Waals surface area contributed by atoms with E-state index in [1.165, 1.54) is 6.07 Å². The van der Waals surface area contributed by atoms with Crippen molar-refractivity contribution >= 4 is 53.1 Å². The highest BCUT2D eigenvalue weighted by molar-refractivity contribution is 6.35. The van der Waals surface area contributed by atoms with Gasteiger partial charge in [0.25, 0.3) is 0 Å². The van der Waals surface area contributed by atoms with E-state index < -0.39 is 18.1 Å². The number of hydrogen-bond acceptors (Lipinski definition) is 4. The lowest BCUT2D eigenvalue weighted by Gasteiger charge is -2.12. The first-order chi connectivity index (χ1) is 9.95. The van der Waals surface area contributed by atoms with Gasteiger partial charge < -0.3 is 21.1 Å². The van der Waals surface area contributed by atoms with Gasteiger partial charge in [-0.15, -0.1) is 12.4 Å². The summed E-state index contributed by atoms with van der Waals surface area (Å²) < 4.78 is 0. The number of carbonyl (C=O) groups excluding carboxylic acids is 2. The van der Waals surface area contributed by atoms with Gasteiger partial charge in [0.05, 0.1) is 29.4 Å². The van der Waals surface area contributed by atoms with Crippen LogP contribution in [0.1, 0.15) is 6.42 Å². The van der Waals surface area contributed by atoms with E-state index >= 15 is 0 Å². The van der Waals surface area contributed by atoms with Crippen LogP contribution >= 0.6 is 35.6 Å². The second-order valence-electron chi connectivity index (χ2n) is 4.74. The van der Waals surface area contributed by atoms with Gasteiger partial charge in [0.2, 0.25) is 11.8 Å². The molecule has 2 unspecified atom stereocenters. The predicted octanol–water partition coefficient (Wildman–Crippen LogP) is 1.19. The van der Waals surface area contributed by atoms with E-state index in [0.29, 0.717) is 28.7 Å². The molecular weight excluding hydrogens is 353 g/mol. The maximum atomic E-state index is 11.8. The number of amides is 2. The number of nitrogens with one attached hydrogen (secondary N) is 3. The Labute approximate surface area is 144 Å². The number of aliphatic hydroxyl groups is 1. The first-order valence-electron chi connectivity index (χ1n) is 6.40. The van der Waals surface area contributed by atoms with E-state index in [0.717, 1.165) is 0 Å². The van der Waals surface area contributed by atoms with E-state index in [9.17, 15) is 14.7 Å². The Morgan fingerprint density at radius 1 is 1.36 bits per heavy atom. The van der Waals surface area contributed by atoms with Gasteiger partial charge in [-0.25, -0.2) is 0 Å². The summed E-state index contributed by atoms with van der Waals surface area (Å²) in [6, 6.07) is 4.24. The number of carbonyl (C=O) groups is 2. The molecule has 1 aliphatic heterocycles. The van der Waals surface area contributed by atoms with E-state index in [2.05, 4.69) is 16.0 Å². The van der Waals surface area contributed by atoms with Crippen molar-refractivity contribution in [3.63, 3.8) is 0 Å². The molecule has 1 aliphatic rings. The molecule has 2 amide bonds. The summed E-state index contributed by atoms with van der Waals surface area (Å²) in [4.78, 5) is 23.5. The van der Waals surface area contributed by atoms with Crippen molar-refractivity contribution in [2.45, 2.75) is 18.6 Å². The Morgan fingerprint density at radius 3 is 2.73 bits per heavy atom. The van der Waals surface area contributed by atoms with Crippen LogP contribution in [0.2, 0.25) is 10.0 Å². The second kappa shape index (κ2) is 8.55. The van der Waals surface area contributed by atoms with Gasteiger partial charge in [0.15, 0.2) is 0 Å². The van der Waals surface area contributed by atoms with Crippen molar-refractivity contribution < 1.29 is 14.7 Å². The lowest BCUT2D eigenvalue weighted by atomic mass is 10.2. The summed E-state index contributed by atoms with van der Waals surface area (Å²) in [5.41, 5.74) is 0.387. The molecule has 1 saturated heterocycles. The molecule has 2 rings (SSSR count). The summed E-state index contributed by atoms with van der Waals surface area (Å²) in [7, 11) is 0. The Kier molecular flexibility index (Phi) is 7.38. The number of rotatable bonds is 4. The Balaban J connectivity index is 0.00000242. The van der Waals surface area contributed by atoms with Crippen LogP contribution in [0.5, 0.6) is 0 Å².